The number of hydrogen-bond donors (Lipinski definition) is 0. The van der Waals surface area contributed by atoms with Gasteiger partial charge in [-0.3, -0.25) is 14.4 Å². The van der Waals surface area contributed by atoms with E-state index < -0.39 is 6.10 Å². The lowest BCUT2D eigenvalue weighted by atomic mass is 10.1. The molecule has 0 saturated carbocycles. The second-order valence-electron chi connectivity index (χ2n) is 15.3. The summed E-state index contributed by atoms with van der Waals surface area (Å²) in [5.74, 6) is -1.04. The van der Waals surface area contributed by atoms with Gasteiger partial charge in [0.05, 0.1) is 0 Å². The van der Waals surface area contributed by atoms with E-state index in [2.05, 4.69) is 148 Å². The molecule has 6 nitrogen and oxygen atoms in total. The highest BCUT2D eigenvalue weighted by Crippen LogP contribution is 2.11. The average molecular weight is 855 g/mol. The Bertz CT molecular complexity index is 1400. The van der Waals surface area contributed by atoms with Gasteiger partial charge in [-0.2, -0.15) is 0 Å². The summed E-state index contributed by atoms with van der Waals surface area (Å²) in [4.78, 5) is 37.9. The van der Waals surface area contributed by atoms with Crippen LogP contribution in [0, 0.1) is 0 Å². The van der Waals surface area contributed by atoms with Crippen molar-refractivity contribution in [2.24, 2.45) is 0 Å². The van der Waals surface area contributed by atoms with E-state index in [1.54, 1.807) is 0 Å². The highest BCUT2D eigenvalue weighted by Gasteiger charge is 2.19. The predicted octanol–water partition coefficient (Wildman–Crippen LogP) is 15.9. The molecule has 0 rings (SSSR count). The van der Waals surface area contributed by atoms with Crippen LogP contribution in [0.25, 0.3) is 0 Å². The van der Waals surface area contributed by atoms with Crippen LogP contribution in [0.2, 0.25) is 0 Å². The third-order valence-corrected chi connectivity index (χ3v) is 9.44. The van der Waals surface area contributed by atoms with E-state index in [4.69, 9.17) is 14.2 Å². The molecular weight excluding hydrogens is 769 g/mol. The summed E-state index contributed by atoms with van der Waals surface area (Å²) in [7, 11) is 0. The molecule has 0 radical (unpaired) electrons. The van der Waals surface area contributed by atoms with E-state index in [0.29, 0.717) is 12.8 Å². The molecule has 0 aliphatic rings. The first-order valence-corrected chi connectivity index (χ1v) is 24.2. The van der Waals surface area contributed by atoms with Gasteiger partial charge in [0.15, 0.2) is 6.10 Å². The van der Waals surface area contributed by atoms with E-state index in [-0.39, 0.29) is 44.0 Å². The number of ether oxygens (including phenoxy) is 3. The number of allylic oxidation sites excluding steroid dienone is 22. The van der Waals surface area contributed by atoms with Gasteiger partial charge in [-0.1, -0.05) is 187 Å². The molecule has 0 aliphatic carbocycles. The summed E-state index contributed by atoms with van der Waals surface area (Å²) in [6.07, 6.45) is 68.7. The Morgan fingerprint density at radius 1 is 0.339 bits per heavy atom. The van der Waals surface area contributed by atoms with E-state index in [9.17, 15) is 14.4 Å². The number of carbonyl (C=O) groups excluding carboxylic acids is 3. The number of esters is 3. The van der Waals surface area contributed by atoms with Crippen LogP contribution < -0.4 is 0 Å². The Hall–Kier alpha value is -4.45. The van der Waals surface area contributed by atoms with E-state index in [1.165, 1.54) is 0 Å². The quantitative estimate of drug-likeness (QED) is 0.0200. The monoisotopic (exact) mass is 855 g/mol. The fraction of sp³-hybridized carbons (Fsp3) is 0.554. The second-order valence-corrected chi connectivity index (χ2v) is 15.3. The average Bonchev–Trinajstić information content (AvgIpc) is 3.27. The summed E-state index contributed by atoms with van der Waals surface area (Å²) >= 11 is 0. The zero-order valence-corrected chi connectivity index (χ0v) is 39.3. The normalized spacial score (nSPS) is 13.3. The molecule has 0 aromatic rings. The molecule has 1 unspecified atom stereocenters. The van der Waals surface area contributed by atoms with Gasteiger partial charge in [-0.25, -0.2) is 0 Å². The SMILES string of the molecule is CC/C=C/C=C/C=C/CCCCCCCC(=O)OCC(COC(=O)CCC/C=C/C/C=C/C/C=C/C/C=C/C/C=C/CC)OC(=O)CCCCCC/C=C/C/C=C/C/C=C/CC. The van der Waals surface area contributed by atoms with Crippen LogP contribution >= 0.6 is 0 Å². The third kappa shape index (κ3) is 46.6. The molecule has 0 aromatic carbocycles. The van der Waals surface area contributed by atoms with Crippen molar-refractivity contribution < 1.29 is 28.6 Å². The van der Waals surface area contributed by atoms with Crippen molar-refractivity contribution in [2.45, 2.75) is 187 Å². The molecule has 0 aromatic heterocycles. The highest BCUT2D eigenvalue weighted by molar-refractivity contribution is 5.71. The zero-order valence-electron chi connectivity index (χ0n) is 39.3. The topological polar surface area (TPSA) is 78.9 Å². The van der Waals surface area contributed by atoms with Crippen molar-refractivity contribution in [1.29, 1.82) is 0 Å². The van der Waals surface area contributed by atoms with Crippen molar-refractivity contribution in [1.82, 2.24) is 0 Å². The minimum atomic E-state index is -0.825. The maximum absolute atomic E-state index is 12.8. The molecular formula is C56H86O6. The highest BCUT2D eigenvalue weighted by atomic mass is 16.6. The minimum absolute atomic E-state index is 0.121. The number of rotatable bonds is 41. The van der Waals surface area contributed by atoms with E-state index >= 15 is 0 Å². The number of hydrogen-bond acceptors (Lipinski definition) is 6. The maximum atomic E-state index is 12.8. The molecule has 0 spiro atoms. The van der Waals surface area contributed by atoms with Crippen LogP contribution in [-0.4, -0.2) is 37.2 Å². The van der Waals surface area contributed by atoms with Gasteiger partial charge in [0.2, 0.25) is 0 Å². The number of unbranched alkanes of at least 4 members (excludes halogenated alkanes) is 10. The Kier molecular flexibility index (Phi) is 45.7. The van der Waals surface area contributed by atoms with Crippen LogP contribution in [0.4, 0.5) is 0 Å². The van der Waals surface area contributed by atoms with Crippen molar-refractivity contribution in [3.63, 3.8) is 0 Å². The first-order chi connectivity index (χ1) is 30.5. The van der Waals surface area contributed by atoms with Gasteiger partial charge in [0, 0.05) is 19.3 Å². The summed E-state index contributed by atoms with van der Waals surface area (Å²) in [6, 6.07) is 0. The van der Waals surface area contributed by atoms with Crippen LogP contribution in [-0.2, 0) is 28.6 Å². The molecule has 0 heterocycles. The van der Waals surface area contributed by atoms with Crippen molar-refractivity contribution in [3.8, 4) is 0 Å². The molecule has 6 heteroatoms. The third-order valence-electron chi connectivity index (χ3n) is 9.44. The molecule has 62 heavy (non-hydrogen) atoms. The van der Waals surface area contributed by atoms with Crippen LogP contribution in [0.5, 0.6) is 0 Å². The fourth-order valence-electron chi connectivity index (χ4n) is 5.90. The lowest BCUT2D eigenvalue weighted by Crippen LogP contribution is -2.30. The molecule has 1 atom stereocenters. The Morgan fingerprint density at radius 2 is 0.677 bits per heavy atom. The molecule has 0 aliphatic heterocycles. The molecule has 346 valence electrons. The number of carbonyl (C=O) groups is 3. The second kappa shape index (κ2) is 49.2. The molecule has 0 fully saturated rings. The first kappa shape index (κ1) is 57.5. The van der Waals surface area contributed by atoms with Crippen molar-refractivity contribution in [3.05, 3.63) is 134 Å². The van der Waals surface area contributed by atoms with Gasteiger partial charge >= 0.3 is 17.9 Å². The molecule has 0 N–H and O–H groups in total. The smallest absolute Gasteiger partial charge is 0.306 e. The summed E-state index contributed by atoms with van der Waals surface area (Å²) in [6.45, 7) is 6.16. The van der Waals surface area contributed by atoms with Gasteiger partial charge in [0.1, 0.15) is 13.2 Å². The van der Waals surface area contributed by atoms with E-state index in [1.807, 2.05) is 6.08 Å². The van der Waals surface area contributed by atoms with Crippen molar-refractivity contribution in [2.75, 3.05) is 13.2 Å². The molecule has 0 amide bonds. The predicted molar refractivity (Wildman–Crippen MR) is 265 cm³/mol. The van der Waals surface area contributed by atoms with Crippen molar-refractivity contribution >= 4 is 17.9 Å². The maximum Gasteiger partial charge on any atom is 0.306 e. The standard InChI is InChI=1S/C56H86O6/c1-4-7-10-13-16-19-22-25-27-28-29-32-34-37-40-43-46-49-55(58)61-52-53(51-60-54(57)48-45-42-39-36-33-30-24-21-18-15-12-9-6-3)62-56(59)50-47-44-41-38-35-31-26-23-20-17-14-11-8-5-2/h7-12,15-21,24-27,29,31-32,37,40,53H,4-6,13-14,22-23,28,30,33-36,38-39,41-52H2,1-3H3/b10-7+,11-8+,12-9+,18-15+,19-16+,20-17+,24-21+,27-25+,31-26+,32-29+,40-37+. The van der Waals surface area contributed by atoms with E-state index in [0.717, 1.165) is 135 Å². The summed E-state index contributed by atoms with van der Waals surface area (Å²) < 4.78 is 16.7. The van der Waals surface area contributed by atoms with Gasteiger partial charge in [-0.15, -0.1) is 0 Å². The lowest BCUT2D eigenvalue weighted by Gasteiger charge is -2.18. The Balaban J connectivity index is 4.57. The van der Waals surface area contributed by atoms with Gasteiger partial charge in [0.25, 0.3) is 0 Å². The lowest BCUT2D eigenvalue weighted by molar-refractivity contribution is -0.167. The molecule has 0 saturated heterocycles. The zero-order chi connectivity index (χ0) is 45.1. The first-order valence-electron chi connectivity index (χ1n) is 24.2. The Labute approximate surface area is 379 Å². The largest absolute Gasteiger partial charge is 0.462 e. The van der Waals surface area contributed by atoms with Crippen LogP contribution in [0.15, 0.2) is 134 Å². The van der Waals surface area contributed by atoms with Crippen LogP contribution in [0.3, 0.4) is 0 Å². The Morgan fingerprint density at radius 3 is 1.15 bits per heavy atom. The fourth-order valence-corrected chi connectivity index (χ4v) is 5.90. The van der Waals surface area contributed by atoms with Gasteiger partial charge < -0.3 is 14.2 Å². The summed E-state index contributed by atoms with van der Waals surface area (Å²) in [5.41, 5.74) is 0. The molecule has 0 bridgehead atoms. The van der Waals surface area contributed by atoms with Gasteiger partial charge in [-0.05, 0) is 109 Å². The van der Waals surface area contributed by atoms with Crippen LogP contribution in [0.1, 0.15) is 181 Å². The summed E-state index contributed by atoms with van der Waals surface area (Å²) in [5, 5.41) is 0. The minimum Gasteiger partial charge on any atom is -0.462 e.